The van der Waals surface area contributed by atoms with Crippen molar-refractivity contribution < 1.29 is 29.6 Å². The number of carbonyl (C=O) groups excluding carboxylic acids is 2. The van der Waals surface area contributed by atoms with Crippen molar-refractivity contribution in [2.75, 3.05) is 0 Å². The van der Waals surface area contributed by atoms with Crippen molar-refractivity contribution in [3.8, 4) is 11.3 Å². The molecule has 3 rings (SSSR count). The first-order valence-corrected chi connectivity index (χ1v) is 6.02. The highest BCUT2D eigenvalue weighted by Crippen LogP contribution is 2.30. The number of carboxylic acid groups (broad SMARTS) is 1. The Balaban J connectivity index is 2.32. The number of pyridine rings is 1. The van der Waals surface area contributed by atoms with E-state index in [-0.39, 0.29) is 40.5 Å². The molecule has 0 spiro atoms. The first-order chi connectivity index (χ1) is 10.4. The number of aromatic nitrogens is 2. The number of rotatable bonds is 3. The summed E-state index contributed by atoms with van der Waals surface area (Å²) in [6.45, 7) is -0.373. The minimum Gasteiger partial charge on any atom is -0.477 e. The summed E-state index contributed by atoms with van der Waals surface area (Å²) in [6.07, 6.45) is 0. The molecule has 0 radical (unpaired) electrons. The molecule has 0 bridgehead atoms. The molecule has 2 aromatic heterocycles. The molecule has 0 aromatic carbocycles. The molecule has 1 aliphatic rings. The molecule has 22 heavy (non-hydrogen) atoms. The van der Waals surface area contributed by atoms with E-state index in [0.29, 0.717) is 0 Å². The summed E-state index contributed by atoms with van der Waals surface area (Å²) in [5.41, 5.74) is -1.38. The molecular weight excluding hydrogens is 296 g/mol. The number of nitrogens with one attached hydrogen (secondary N) is 2. The van der Waals surface area contributed by atoms with Crippen LogP contribution in [0.25, 0.3) is 11.3 Å². The van der Waals surface area contributed by atoms with Crippen LogP contribution in [0.15, 0.2) is 16.9 Å². The number of hydrogen-bond acceptors (Lipinski definition) is 6. The van der Waals surface area contributed by atoms with Crippen molar-refractivity contribution in [2.24, 2.45) is 0 Å². The summed E-state index contributed by atoms with van der Waals surface area (Å²) in [5, 5.41) is 17.4. The average Bonchev–Trinajstić information content (AvgIpc) is 2.90. The van der Waals surface area contributed by atoms with E-state index in [4.69, 9.17) is 10.4 Å². The van der Waals surface area contributed by atoms with E-state index in [9.17, 15) is 19.2 Å². The fourth-order valence-corrected chi connectivity index (χ4v) is 2.36. The van der Waals surface area contributed by atoms with Gasteiger partial charge in [0.05, 0.1) is 16.8 Å². The van der Waals surface area contributed by atoms with E-state index >= 15 is 0 Å². The van der Waals surface area contributed by atoms with E-state index < -0.39 is 23.0 Å². The van der Waals surface area contributed by atoms with E-state index in [2.05, 4.69) is 14.9 Å². The predicted molar refractivity (Wildman–Crippen MR) is 69.9 cm³/mol. The third-order valence-corrected chi connectivity index (χ3v) is 3.28. The fraction of sp³-hybridized carbons (Fsp3) is 0.0769. The number of Topliss-reactive ketones (excluding diaryl/α,β-unsaturated/α-hetero) is 2. The van der Waals surface area contributed by atoms with Gasteiger partial charge >= 0.3 is 5.97 Å². The molecule has 0 amide bonds. The summed E-state index contributed by atoms with van der Waals surface area (Å²) in [6, 6.07) is 2.11. The van der Waals surface area contributed by atoms with Crippen LogP contribution < -0.4 is 5.43 Å². The molecule has 2 aromatic rings. The van der Waals surface area contributed by atoms with E-state index in [0.717, 1.165) is 12.1 Å². The highest BCUT2D eigenvalue weighted by molar-refractivity contribution is 6.52. The minimum atomic E-state index is -1.32. The van der Waals surface area contributed by atoms with E-state index in [1.54, 1.807) is 0 Å². The standard InChI is InChI=1S/C13H8N2O7/c16-7-1-4(3-22-21)14-10-8(7)9-5(11(17)12(10)18)2-6(15-9)13(19)20/h1-2,15,21H,3H2,(H,14,16)(H,19,20). The van der Waals surface area contributed by atoms with Crippen molar-refractivity contribution in [2.45, 2.75) is 6.61 Å². The molecule has 0 aliphatic heterocycles. The third kappa shape index (κ3) is 1.88. The second kappa shape index (κ2) is 4.76. The van der Waals surface area contributed by atoms with Gasteiger partial charge in [0.2, 0.25) is 5.78 Å². The van der Waals surface area contributed by atoms with Gasteiger partial charge in [-0.25, -0.2) is 9.68 Å². The molecule has 0 atom stereocenters. The van der Waals surface area contributed by atoms with E-state index in [1.165, 1.54) is 0 Å². The van der Waals surface area contributed by atoms with Gasteiger partial charge in [0, 0.05) is 11.8 Å². The number of aromatic carboxylic acids is 1. The van der Waals surface area contributed by atoms with Crippen molar-refractivity contribution in [1.29, 1.82) is 0 Å². The molecule has 0 saturated carbocycles. The molecule has 0 unspecified atom stereocenters. The van der Waals surface area contributed by atoms with Gasteiger partial charge in [-0.2, -0.15) is 0 Å². The first kappa shape index (κ1) is 13.9. The Kier molecular flexibility index (Phi) is 3.01. The molecule has 0 fully saturated rings. The second-order valence-electron chi connectivity index (χ2n) is 4.62. The number of aromatic amines is 2. The maximum atomic E-state index is 12.2. The van der Waals surface area contributed by atoms with Crippen LogP contribution in [-0.2, 0) is 11.5 Å². The summed E-state index contributed by atoms with van der Waals surface area (Å²) < 4.78 is 0. The van der Waals surface area contributed by atoms with Crippen LogP contribution in [0.2, 0.25) is 0 Å². The fourth-order valence-electron chi connectivity index (χ4n) is 2.36. The maximum Gasteiger partial charge on any atom is 0.352 e. The summed E-state index contributed by atoms with van der Waals surface area (Å²) >= 11 is 0. The molecule has 112 valence electrons. The molecule has 4 N–H and O–H groups in total. The summed E-state index contributed by atoms with van der Waals surface area (Å²) in [7, 11) is 0. The van der Waals surface area contributed by atoms with Gasteiger partial charge in [-0.05, 0) is 6.07 Å². The topological polar surface area (TPSA) is 150 Å². The zero-order valence-corrected chi connectivity index (χ0v) is 10.8. The quantitative estimate of drug-likeness (QED) is 0.365. The minimum absolute atomic E-state index is 0.0188. The highest BCUT2D eigenvalue weighted by Gasteiger charge is 2.35. The lowest BCUT2D eigenvalue weighted by atomic mass is 9.91. The summed E-state index contributed by atoms with van der Waals surface area (Å²) in [5.74, 6) is -3.21. The lowest BCUT2D eigenvalue weighted by molar-refractivity contribution is -0.253. The van der Waals surface area contributed by atoms with Crippen LogP contribution in [0, 0.1) is 0 Å². The van der Waals surface area contributed by atoms with Gasteiger partial charge < -0.3 is 15.1 Å². The maximum absolute atomic E-state index is 12.2. The van der Waals surface area contributed by atoms with Gasteiger partial charge in [-0.15, -0.1) is 0 Å². The van der Waals surface area contributed by atoms with Gasteiger partial charge in [0.15, 0.2) is 5.43 Å². The Bertz CT molecular complexity index is 890. The van der Waals surface area contributed by atoms with Gasteiger partial charge in [-0.3, -0.25) is 19.6 Å². The number of H-pyrrole nitrogens is 2. The van der Waals surface area contributed by atoms with E-state index in [1.807, 2.05) is 0 Å². The lowest BCUT2D eigenvalue weighted by Gasteiger charge is -2.14. The first-order valence-electron chi connectivity index (χ1n) is 6.02. The van der Waals surface area contributed by atoms with Crippen LogP contribution in [0.5, 0.6) is 0 Å². The number of fused-ring (bicyclic) bond motifs is 3. The van der Waals surface area contributed by atoms with Crippen molar-refractivity contribution >= 4 is 17.5 Å². The van der Waals surface area contributed by atoms with Gasteiger partial charge in [0.25, 0.3) is 5.78 Å². The van der Waals surface area contributed by atoms with Crippen LogP contribution in [0.3, 0.4) is 0 Å². The Morgan fingerprint density at radius 1 is 1.09 bits per heavy atom. The largest absolute Gasteiger partial charge is 0.477 e. The molecule has 9 heteroatoms. The number of carbonyl (C=O) groups is 3. The molecule has 9 nitrogen and oxygen atoms in total. The molecule has 1 aliphatic carbocycles. The Labute approximate surface area is 121 Å². The second-order valence-corrected chi connectivity index (χ2v) is 4.62. The molecule has 0 saturated heterocycles. The van der Waals surface area contributed by atoms with Crippen LogP contribution >= 0.6 is 0 Å². The summed E-state index contributed by atoms with van der Waals surface area (Å²) in [4.78, 5) is 56.2. The third-order valence-electron chi connectivity index (χ3n) is 3.28. The van der Waals surface area contributed by atoms with Crippen molar-refractivity contribution in [3.63, 3.8) is 0 Å². The number of ketones is 2. The molecule has 2 heterocycles. The number of carboxylic acids is 1. The average molecular weight is 304 g/mol. The van der Waals surface area contributed by atoms with Crippen molar-refractivity contribution in [1.82, 2.24) is 9.97 Å². The Morgan fingerprint density at radius 3 is 2.45 bits per heavy atom. The predicted octanol–water partition coefficient (Wildman–Crippen LogP) is 0.437. The zero-order valence-electron chi connectivity index (χ0n) is 10.8. The highest BCUT2D eigenvalue weighted by atomic mass is 17.1. The lowest BCUT2D eigenvalue weighted by Crippen LogP contribution is -2.27. The van der Waals surface area contributed by atoms with Crippen LogP contribution in [0.1, 0.15) is 37.0 Å². The van der Waals surface area contributed by atoms with Crippen molar-refractivity contribution in [3.05, 3.63) is 45.0 Å². The molecular formula is C13H8N2O7. The normalized spacial score (nSPS) is 13.0. The van der Waals surface area contributed by atoms with Gasteiger partial charge in [-0.1, -0.05) is 0 Å². The monoisotopic (exact) mass is 304 g/mol. The number of hydrogen-bond donors (Lipinski definition) is 4. The Hall–Kier alpha value is -3.04. The van der Waals surface area contributed by atoms with Crippen LogP contribution in [0.4, 0.5) is 0 Å². The van der Waals surface area contributed by atoms with Crippen LogP contribution in [-0.4, -0.2) is 37.9 Å². The van der Waals surface area contributed by atoms with Gasteiger partial charge in [0.1, 0.15) is 18.0 Å². The Morgan fingerprint density at radius 2 is 1.82 bits per heavy atom. The zero-order chi connectivity index (χ0) is 16.0. The SMILES string of the molecule is O=C(O)c1cc2c([nH]1)-c1c([nH]c(COO)cc1=O)C(=O)C2=O. The smallest absolute Gasteiger partial charge is 0.352 e.